The monoisotopic (exact) mass is 394 g/mol. The van der Waals surface area contributed by atoms with Gasteiger partial charge in [-0.3, -0.25) is 4.79 Å². The van der Waals surface area contributed by atoms with Crippen molar-refractivity contribution in [2.24, 2.45) is 5.41 Å². The number of rotatable bonds is 5. The van der Waals surface area contributed by atoms with Gasteiger partial charge in [0.05, 0.1) is 26.9 Å². The van der Waals surface area contributed by atoms with Gasteiger partial charge in [0.25, 0.3) is 0 Å². The average Bonchev–Trinajstić information content (AvgIpc) is 2.91. The van der Waals surface area contributed by atoms with E-state index in [1.165, 1.54) is 7.11 Å². The number of ether oxygens (including phenoxy) is 3. The molecule has 0 N–H and O–H groups in total. The maximum Gasteiger partial charge on any atom is 0.341 e. The van der Waals surface area contributed by atoms with E-state index in [0.717, 1.165) is 5.56 Å². The first-order chi connectivity index (χ1) is 13.7. The van der Waals surface area contributed by atoms with Crippen LogP contribution in [0, 0.1) is 5.41 Å². The highest BCUT2D eigenvalue weighted by Crippen LogP contribution is 2.60. The number of carbonyl (C=O) groups excluding carboxylic acids is 2. The molecule has 0 fully saturated rings. The van der Waals surface area contributed by atoms with Crippen molar-refractivity contribution < 1.29 is 23.8 Å². The van der Waals surface area contributed by atoms with Crippen LogP contribution < -0.4 is 9.47 Å². The molecule has 0 aliphatic heterocycles. The lowest BCUT2D eigenvalue weighted by Crippen LogP contribution is -2.41. The van der Waals surface area contributed by atoms with Crippen molar-refractivity contribution in [1.29, 1.82) is 0 Å². The smallest absolute Gasteiger partial charge is 0.341 e. The maximum atomic E-state index is 13.6. The molecule has 2 aromatic rings. The molecule has 0 amide bonds. The molecule has 152 valence electrons. The molecule has 0 bridgehead atoms. The molecule has 2 aromatic carbocycles. The highest BCUT2D eigenvalue weighted by molar-refractivity contribution is 6.30. The lowest BCUT2D eigenvalue weighted by atomic mass is 9.61. The maximum absolute atomic E-state index is 13.6. The van der Waals surface area contributed by atoms with Gasteiger partial charge in [0.1, 0.15) is 17.1 Å². The highest BCUT2D eigenvalue weighted by Gasteiger charge is 2.60. The van der Waals surface area contributed by atoms with Gasteiger partial charge in [0.2, 0.25) is 0 Å². The molecular weight excluding hydrogens is 368 g/mol. The SMILES string of the molecule is COC(=O)C1=C(c2c(OC)cccc2OC)[C@@](C)(c2ccccc2)C(C)(C)C1=O. The van der Waals surface area contributed by atoms with E-state index < -0.39 is 16.8 Å². The number of Topliss-reactive ketones (excluding diaryl/α,β-unsaturated/α-hetero) is 1. The Morgan fingerprint density at radius 3 is 1.86 bits per heavy atom. The minimum Gasteiger partial charge on any atom is -0.496 e. The Bertz CT molecular complexity index is 965. The summed E-state index contributed by atoms with van der Waals surface area (Å²) in [4.78, 5) is 26.4. The van der Waals surface area contributed by atoms with Crippen LogP contribution in [-0.4, -0.2) is 33.1 Å². The zero-order valence-corrected chi connectivity index (χ0v) is 17.7. The summed E-state index contributed by atoms with van der Waals surface area (Å²) in [6, 6.07) is 15.1. The van der Waals surface area contributed by atoms with E-state index in [0.29, 0.717) is 22.6 Å². The summed E-state index contributed by atoms with van der Waals surface area (Å²) >= 11 is 0. The lowest BCUT2D eigenvalue weighted by molar-refractivity contribution is -0.138. The van der Waals surface area contributed by atoms with Crippen LogP contribution in [-0.2, 0) is 19.7 Å². The predicted molar refractivity (Wildman–Crippen MR) is 111 cm³/mol. The van der Waals surface area contributed by atoms with Crippen molar-refractivity contribution in [2.75, 3.05) is 21.3 Å². The normalized spacial score (nSPS) is 20.6. The van der Waals surface area contributed by atoms with Crippen molar-refractivity contribution in [2.45, 2.75) is 26.2 Å². The molecule has 5 heteroatoms. The molecule has 1 aliphatic rings. The first kappa shape index (κ1) is 20.6. The molecule has 1 atom stereocenters. The van der Waals surface area contributed by atoms with E-state index >= 15 is 0 Å². The number of benzene rings is 2. The zero-order chi connectivity index (χ0) is 21.4. The summed E-state index contributed by atoms with van der Waals surface area (Å²) in [5.41, 5.74) is 0.366. The lowest BCUT2D eigenvalue weighted by Gasteiger charge is -2.40. The van der Waals surface area contributed by atoms with Gasteiger partial charge in [-0.2, -0.15) is 0 Å². The third-order valence-corrected chi connectivity index (χ3v) is 6.21. The Morgan fingerprint density at radius 1 is 0.828 bits per heavy atom. The van der Waals surface area contributed by atoms with Gasteiger partial charge in [-0.25, -0.2) is 4.79 Å². The second-order valence-corrected chi connectivity index (χ2v) is 7.72. The summed E-state index contributed by atoms with van der Waals surface area (Å²) in [6.07, 6.45) is 0. The van der Waals surface area contributed by atoms with Crippen LogP contribution in [0.25, 0.3) is 5.57 Å². The Balaban J connectivity index is 2.51. The first-order valence-corrected chi connectivity index (χ1v) is 9.40. The second kappa shape index (κ2) is 7.39. The Labute approximate surface area is 171 Å². The third kappa shape index (κ3) is 2.84. The minimum absolute atomic E-state index is 0.0339. The van der Waals surface area contributed by atoms with E-state index in [1.807, 2.05) is 51.1 Å². The Kier molecular flexibility index (Phi) is 5.26. The molecule has 0 saturated carbocycles. The summed E-state index contributed by atoms with van der Waals surface area (Å²) in [5.74, 6) is 0.117. The standard InChI is InChI=1S/C24H26O5/c1-23(2)21(25)19(22(26)29-6)20(24(23,3)15-11-8-7-9-12-15)18-16(27-4)13-10-14-17(18)28-5/h7-14H,1-6H3/t24-/m1/s1. The van der Waals surface area contributed by atoms with Gasteiger partial charge in [-0.05, 0) is 23.3 Å². The van der Waals surface area contributed by atoms with E-state index in [2.05, 4.69) is 0 Å². The quantitative estimate of drug-likeness (QED) is 0.562. The second-order valence-electron chi connectivity index (χ2n) is 7.72. The number of hydrogen-bond donors (Lipinski definition) is 0. The number of hydrogen-bond acceptors (Lipinski definition) is 5. The van der Waals surface area contributed by atoms with Gasteiger partial charge >= 0.3 is 5.97 Å². The van der Waals surface area contributed by atoms with Gasteiger partial charge in [0, 0.05) is 10.8 Å². The van der Waals surface area contributed by atoms with Crippen LogP contribution in [0.4, 0.5) is 0 Å². The van der Waals surface area contributed by atoms with Gasteiger partial charge in [-0.15, -0.1) is 0 Å². The van der Waals surface area contributed by atoms with Crippen LogP contribution in [0.3, 0.4) is 0 Å². The number of carbonyl (C=O) groups is 2. The largest absolute Gasteiger partial charge is 0.496 e. The number of ketones is 1. The van der Waals surface area contributed by atoms with Crippen LogP contribution >= 0.6 is 0 Å². The van der Waals surface area contributed by atoms with Gasteiger partial charge < -0.3 is 14.2 Å². The van der Waals surface area contributed by atoms with Crippen molar-refractivity contribution >= 4 is 17.3 Å². The summed E-state index contributed by atoms with van der Waals surface area (Å²) in [6.45, 7) is 5.71. The topological polar surface area (TPSA) is 61.8 Å². The van der Waals surface area contributed by atoms with E-state index in [4.69, 9.17) is 14.2 Å². The van der Waals surface area contributed by atoms with Crippen molar-refractivity contribution in [1.82, 2.24) is 0 Å². The summed E-state index contributed by atoms with van der Waals surface area (Å²) in [5, 5.41) is 0. The van der Waals surface area contributed by atoms with E-state index in [1.54, 1.807) is 32.4 Å². The van der Waals surface area contributed by atoms with Crippen LogP contribution in [0.1, 0.15) is 31.9 Å². The summed E-state index contributed by atoms with van der Waals surface area (Å²) in [7, 11) is 4.39. The van der Waals surface area contributed by atoms with Gasteiger partial charge in [0.15, 0.2) is 5.78 Å². The molecule has 0 radical (unpaired) electrons. The molecule has 0 heterocycles. The zero-order valence-electron chi connectivity index (χ0n) is 17.7. The highest BCUT2D eigenvalue weighted by atomic mass is 16.5. The van der Waals surface area contributed by atoms with Crippen LogP contribution in [0.5, 0.6) is 11.5 Å². The van der Waals surface area contributed by atoms with Crippen LogP contribution in [0.15, 0.2) is 54.1 Å². The van der Waals surface area contributed by atoms with Crippen molar-refractivity contribution in [3.8, 4) is 11.5 Å². The number of allylic oxidation sites excluding steroid dienone is 1. The number of esters is 1. The fourth-order valence-electron chi connectivity index (χ4n) is 4.26. The van der Waals surface area contributed by atoms with Crippen molar-refractivity contribution in [3.63, 3.8) is 0 Å². The Morgan fingerprint density at radius 2 is 1.38 bits per heavy atom. The molecule has 0 aromatic heterocycles. The molecule has 1 aliphatic carbocycles. The minimum atomic E-state index is -0.904. The molecular formula is C24H26O5. The van der Waals surface area contributed by atoms with E-state index in [-0.39, 0.29) is 11.4 Å². The predicted octanol–water partition coefficient (Wildman–Crippen LogP) is 4.20. The van der Waals surface area contributed by atoms with Crippen LogP contribution in [0.2, 0.25) is 0 Å². The van der Waals surface area contributed by atoms with Crippen molar-refractivity contribution in [3.05, 3.63) is 65.2 Å². The average molecular weight is 394 g/mol. The molecule has 5 nitrogen and oxygen atoms in total. The molecule has 0 unspecified atom stereocenters. The Hall–Kier alpha value is -3.08. The third-order valence-electron chi connectivity index (χ3n) is 6.21. The first-order valence-electron chi connectivity index (χ1n) is 9.40. The number of methoxy groups -OCH3 is 3. The van der Waals surface area contributed by atoms with Gasteiger partial charge in [-0.1, -0.05) is 57.2 Å². The molecule has 0 saturated heterocycles. The summed E-state index contributed by atoms with van der Waals surface area (Å²) < 4.78 is 16.3. The molecule has 29 heavy (non-hydrogen) atoms. The fraction of sp³-hybridized carbons (Fsp3) is 0.333. The fourth-order valence-corrected chi connectivity index (χ4v) is 4.26. The molecule has 3 rings (SSSR count). The van der Waals surface area contributed by atoms with E-state index in [9.17, 15) is 9.59 Å². The molecule has 0 spiro atoms.